The van der Waals surface area contributed by atoms with Crippen molar-refractivity contribution >= 4 is 23.5 Å². The third-order valence-electron chi connectivity index (χ3n) is 4.94. The second-order valence-corrected chi connectivity index (χ2v) is 7.36. The predicted molar refractivity (Wildman–Crippen MR) is 112 cm³/mol. The summed E-state index contributed by atoms with van der Waals surface area (Å²) in [6.45, 7) is 1.64. The number of likely N-dealkylation sites (tertiary alicyclic amines) is 1. The summed E-state index contributed by atoms with van der Waals surface area (Å²) in [5.41, 5.74) is 1.18. The molecular weight excluding hydrogens is 392 g/mol. The summed E-state index contributed by atoms with van der Waals surface area (Å²) >= 11 is 6.32. The molecule has 0 aliphatic carbocycles. The molecule has 1 aliphatic rings. The van der Waals surface area contributed by atoms with E-state index in [0.717, 1.165) is 29.7 Å². The van der Waals surface area contributed by atoms with Crippen LogP contribution in [0.3, 0.4) is 0 Å². The molecule has 29 heavy (non-hydrogen) atoms. The number of urea groups is 1. The molecule has 0 aromatic heterocycles. The Morgan fingerprint density at radius 1 is 1.07 bits per heavy atom. The topological polar surface area (TPSA) is 59.1 Å². The maximum Gasteiger partial charge on any atom is 0.326 e. The molecule has 0 saturated carbocycles. The first-order chi connectivity index (χ1) is 14.0. The third kappa shape index (κ3) is 5.01. The van der Waals surface area contributed by atoms with Gasteiger partial charge in [0.2, 0.25) is 0 Å². The van der Waals surface area contributed by atoms with Gasteiger partial charge in [-0.25, -0.2) is 4.79 Å². The highest BCUT2D eigenvalue weighted by Gasteiger charge is 2.27. The first-order valence-electron chi connectivity index (χ1n) is 9.62. The van der Waals surface area contributed by atoms with E-state index >= 15 is 0 Å². The smallest absolute Gasteiger partial charge is 0.326 e. The van der Waals surface area contributed by atoms with Gasteiger partial charge in [0.25, 0.3) is 5.91 Å². The zero-order valence-corrected chi connectivity index (χ0v) is 17.4. The SMILES string of the molecule is COc1cc(Cl)c(C(=O)N(C)C(=O)N2CCCCC2)cc1OCc1ccccc1. The Hall–Kier alpha value is -2.73. The average molecular weight is 417 g/mol. The molecule has 0 atom stereocenters. The van der Waals surface area contributed by atoms with Crippen LogP contribution in [0.1, 0.15) is 35.2 Å². The fraction of sp³-hybridized carbons (Fsp3) is 0.364. The summed E-state index contributed by atoms with van der Waals surface area (Å²) in [6.07, 6.45) is 3.01. The summed E-state index contributed by atoms with van der Waals surface area (Å²) in [7, 11) is 2.98. The van der Waals surface area contributed by atoms with Crippen LogP contribution in [0.5, 0.6) is 11.5 Å². The first-order valence-corrected chi connectivity index (χ1v) is 10.00. The van der Waals surface area contributed by atoms with Crippen molar-refractivity contribution in [3.8, 4) is 11.5 Å². The summed E-state index contributed by atoms with van der Waals surface area (Å²) in [4.78, 5) is 28.5. The molecule has 0 unspecified atom stereocenters. The van der Waals surface area contributed by atoms with Crippen molar-refractivity contribution in [3.63, 3.8) is 0 Å². The number of rotatable bonds is 5. The van der Waals surface area contributed by atoms with Crippen LogP contribution in [0.2, 0.25) is 5.02 Å². The molecule has 0 bridgehead atoms. The van der Waals surface area contributed by atoms with E-state index < -0.39 is 5.91 Å². The van der Waals surface area contributed by atoms with Crippen LogP contribution in [0.15, 0.2) is 42.5 Å². The number of carbonyl (C=O) groups is 2. The number of piperidine rings is 1. The lowest BCUT2D eigenvalue weighted by Gasteiger charge is -2.30. The molecule has 7 heteroatoms. The van der Waals surface area contributed by atoms with Crippen LogP contribution >= 0.6 is 11.6 Å². The van der Waals surface area contributed by atoms with Crippen LogP contribution in [0, 0.1) is 0 Å². The van der Waals surface area contributed by atoms with Gasteiger partial charge in [-0.2, -0.15) is 0 Å². The van der Waals surface area contributed by atoms with Gasteiger partial charge in [0.1, 0.15) is 6.61 Å². The van der Waals surface area contributed by atoms with Crippen LogP contribution in [0.4, 0.5) is 4.79 Å². The molecule has 0 N–H and O–H groups in total. The molecule has 1 heterocycles. The second kappa shape index (κ2) is 9.65. The number of benzene rings is 2. The lowest BCUT2D eigenvalue weighted by molar-refractivity contribution is 0.0786. The number of carbonyl (C=O) groups excluding carboxylic acids is 2. The van der Waals surface area contributed by atoms with Gasteiger partial charge < -0.3 is 14.4 Å². The number of ether oxygens (including phenoxy) is 2. The summed E-state index contributed by atoms with van der Waals surface area (Å²) in [5, 5.41) is 0.206. The van der Waals surface area contributed by atoms with E-state index in [1.807, 2.05) is 30.3 Å². The normalized spacial score (nSPS) is 13.7. The maximum atomic E-state index is 13.0. The largest absolute Gasteiger partial charge is 0.493 e. The number of halogens is 1. The van der Waals surface area contributed by atoms with E-state index in [2.05, 4.69) is 0 Å². The summed E-state index contributed by atoms with van der Waals surface area (Å²) in [6, 6.07) is 12.4. The Morgan fingerprint density at radius 3 is 2.41 bits per heavy atom. The van der Waals surface area contributed by atoms with Crippen LogP contribution in [-0.2, 0) is 6.61 Å². The minimum absolute atomic E-state index is 0.198. The van der Waals surface area contributed by atoms with Gasteiger partial charge >= 0.3 is 6.03 Å². The Morgan fingerprint density at radius 2 is 1.76 bits per heavy atom. The molecule has 1 fully saturated rings. The van der Waals surface area contributed by atoms with Crippen molar-refractivity contribution in [1.29, 1.82) is 0 Å². The molecule has 3 rings (SSSR count). The van der Waals surface area contributed by atoms with Gasteiger partial charge in [-0.05, 0) is 30.9 Å². The summed E-state index contributed by atoms with van der Waals surface area (Å²) < 4.78 is 11.2. The Balaban J connectivity index is 1.80. The Bertz CT molecular complexity index is 867. The van der Waals surface area contributed by atoms with Crippen molar-refractivity contribution in [2.24, 2.45) is 0 Å². The van der Waals surface area contributed by atoms with Gasteiger partial charge in [-0.3, -0.25) is 9.69 Å². The van der Waals surface area contributed by atoms with E-state index in [9.17, 15) is 9.59 Å². The molecule has 0 spiro atoms. The van der Waals surface area contributed by atoms with Gasteiger partial charge in [0.15, 0.2) is 11.5 Å². The van der Waals surface area contributed by atoms with Crippen molar-refractivity contribution in [1.82, 2.24) is 9.80 Å². The van der Waals surface area contributed by atoms with Crippen LogP contribution in [0.25, 0.3) is 0 Å². The molecule has 6 nitrogen and oxygen atoms in total. The standard InChI is InChI=1S/C22H25ClN2O4/c1-24(22(27)25-11-7-4-8-12-25)21(26)17-13-20(19(28-2)14-18(17)23)29-15-16-9-5-3-6-10-16/h3,5-6,9-10,13-14H,4,7-8,11-12,15H2,1-2H3. The fourth-order valence-electron chi connectivity index (χ4n) is 3.27. The zero-order valence-electron chi connectivity index (χ0n) is 16.7. The highest BCUT2D eigenvalue weighted by molar-refractivity contribution is 6.34. The average Bonchev–Trinajstić information content (AvgIpc) is 2.77. The van der Waals surface area contributed by atoms with E-state index in [1.165, 1.54) is 26.3 Å². The number of nitrogens with zero attached hydrogens (tertiary/aromatic N) is 2. The Kier molecular flexibility index (Phi) is 6.99. The number of hydrogen-bond donors (Lipinski definition) is 0. The minimum Gasteiger partial charge on any atom is -0.493 e. The second-order valence-electron chi connectivity index (χ2n) is 6.95. The quantitative estimate of drug-likeness (QED) is 0.714. The molecular formula is C22H25ClN2O4. The molecule has 2 aromatic carbocycles. The van der Waals surface area contributed by atoms with E-state index in [0.29, 0.717) is 31.2 Å². The lowest BCUT2D eigenvalue weighted by Crippen LogP contribution is -2.46. The highest BCUT2D eigenvalue weighted by Crippen LogP contribution is 2.34. The van der Waals surface area contributed by atoms with Crippen LogP contribution in [-0.4, -0.2) is 49.0 Å². The van der Waals surface area contributed by atoms with Crippen molar-refractivity contribution in [2.45, 2.75) is 25.9 Å². The predicted octanol–water partition coefficient (Wildman–Crippen LogP) is 4.61. The molecule has 2 aromatic rings. The monoisotopic (exact) mass is 416 g/mol. The van der Waals surface area contributed by atoms with Crippen molar-refractivity contribution in [3.05, 3.63) is 58.6 Å². The molecule has 3 amide bonds. The molecule has 0 radical (unpaired) electrons. The van der Waals surface area contributed by atoms with Gasteiger partial charge in [-0.1, -0.05) is 41.9 Å². The van der Waals surface area contributed by atoms with Crippen LogP contribution < -0.4 is 9.47 Å². The summed E-state index contributed by atoms with van der Waals surface area (Å²) in [5.74, 6) is 0.341. The molecule has 1 aliphatic heterocycles. The maximum absolute atomic E-state index is 13.0. The lowest BCUT2D eigenvalue weighted by atomic mass is 10.1. The van der Waals surface area contributed by atoms with Gasteiger partial charge in [-0.15, -0.1) is 0 Å². The minimum atomic E-state index is -0.474. The van der Waals surface area contributed by atoms with Crippen molar-refractivity contribution in [2.75, 3.05) is 27.2 Å². The highest BCUT2D eigenvalue weighted by atomic mass is 35.5. The number of amides is 3. The number of imide groups is 1. The van der Waals surface area contributed by atoms with E-state index in [4.69, 9.17) is 21.1 Å². The molecule has 1 saturated heterocycles. The van der Waals surface area contributed by atoms with Gasteiger partial charge in [0, 0.05) is 26.2 Å². The first kappa shape index (κ1) is 21.0. The Labute approximate surface area is 176 Å². The number of hydrogen-bond acceptors (Lipinski definition) is 4. The molecule has 154 valence electrons. The van der Waals surface area contributed by atoms with E-state index in [1.54, 1.807) is 4.90 Å². The van der Waals surface area contributed by atoms with Crippen molar-refractivity contribution < 1.29 is 19.1 Å². The van der Waals surface area contributed by atoms with Gasteiger partial charge in [0.05, 0.1) is 17.7 Å². The van der Waals surface area contributed by atoms with E-state index in [-0.39, 0.29) is 16.6 Å². The zero-order chi connectivity index (χ0) is 20.8. The third-order valence-corrected chi connectivity index (χ3v) is 5.25. The number of methoxy groups -OCH3 is 1. The fourth-order valence-corrected chi connectivity index (χ4v) is 3.51.